The zero-order chi connectivity index (χ0) is 27.1. The molecule has 0 saturated carbocycles. The van der Waals surface area contributed by atoms with Gasteiger partial charge in [-0.15, -0.1) is 0 Å². The second-order valence-corrected chi connectivity index (χ2v) is 14.3. The van der Waals surface area contributed by atoms with Crippen molar-refractivity contribution in [3.05, 3.63) is 57.3 Å². The molecule has 0 spiro atoms. The van der Waals surface area contributed by atoms with Gasteiger partial charge in [-0.3, -0.25) is 4.55 Å². The van der Waals surface area contributed by atoms with E-state index in [1.807, 2.05) is 10.6 Å². The molecular formula is C23H24Cl2N2O7S3. The number of halogens is 2. The third-order valence-corrected chi connectivity index (χ3v) is 10.2. The predicted octanol–water partition coefficient (Wildman–Crippen LogP) is 4.68. The van der Waals surface area contributed by atoms with Crippen molar-refractivity contribution in [3.8, 4) is 5.75 Å². The lowest BCUT2D eigenvalue weighted by Gasteiger charge is -2.19. The van der Waals surface area contributed by atoms with Crippen LogP contribution in [0.5, 0.6) is 5.75 Å². The lowest BCUT2D eigenvalue weighted by Crippen LogP contribution is -2.38. The molecule has 1 aromatic heterocycles. The van der Waals surface area contributed by atoms with E-state index in [2.05, 4.69) is 0 Å². The molecule has 4 rings (SSSR count). The zero-order valence-electron chi connectivity index (χ0n) is 19.8. The SMILES string of the molecule is CC(CC[n+]1c(C=C2Oc3ccc(Cl)cc3N2CCC(C)S(=O)(=O)O)sc2ccc(Cl)cc21)S(=O)(=O)[O-]. The van der Waals surface area contributed by atoms with Gasteiger partial charge in [0.2, 0.25) is 11.4 Å². The highest BCUT2D eigenvalue weighted by atomic mass is 35.5. The van der Waals surface area contributed by atoms with Crippen molar-refractivity contribution in [2.75, 3.05) is 11.4 Å². The van der Waals surface area contributed by atoms with Crippen LogP contribution in [0.25, 0.3) is 16.3 Å². The number of aromatic nitrogens is 1. The molecule has 3 aromatic rings. The van der Waals surface area contributed by atoms with Gasteiger partial charge in [0.25, 0.3) is 15.1 Å². The Bertz CT molecular complexity index is 1590. The minimum absolute atomic E-state index is 0.0945. The van der Waals surface area contributed by atoms with Crippen LogP contribution >= 0.6 is 34.5 Å². The molecule has 1 aliphatic heterocycles. The maximum absolute atomic E-state index is 11.6. The number of fused-ring (bicyclic) bond motifs is 2. The number of anilines is 1. The minimum atomic E-state index is -4.45. The Morgan fingerprint density at radius 2 is 1.76 bits per heavy atom. The van der Waals surface area contributed by atoms with Gasteiger partial charge in [-0.25, -0.2) is 8.42 Å². The average molecular weight is 608 g/mol. The van der Waals surface area contributed by atoms with Gasteiger partial charge < -0.3 is 14.2 Å². The molecule has 0 saturated heterocycles. The molecule has 2 atom stereocenters. The van der Waals surface area contributed by atoms with E-state index in [0.29, 0.717) is 32.4 Å². The van der Waals surface area contributed by atoms with Crippen molar-refractivity contribution in [1.82, 2.24) is 0 Å². The van der Waals surface area contributed by atoms with Gasteiger partial charge in [0.1, 0.15) is 4.70 Å². The summed E-state index contributed by atoms with van der Waals surface area (Å²) in [5.74, 6) is 0.924. The van der Waals surface area contributed by atoms with Gasteiger partial charge in [-0.2, -0.15) is 13.0 Å². The third kappa shape index (κ3) is 6.39. The van der Waals surface area contributed by atoms with Gasteiger partial charge >= 0.3 is 0 Å². The molecule has 1 N–H and O–H groups in total. The third-order valence-electron chi connectivity index (χ3n) is 6.15. The van der Waals surface area contributed by atoms with Crippen molar-refractivity contribution in [1.29, 1.82) is 0 Å². The summed E-state index contributed by atoms with van der Waals surface area (Å²) in [5, 5.41) is -0.404. The Balaban J connectivity index is 1.76. The Kier molecular flexibility index (Phi) is 8.11. The lowest BCUT2D eigenvalue weighted by atomic mass is 10.2. The first kappa shape index (κ1) is 28.1. The summed E-state index contributed by atoms with van der Waals surface area (Å²) in [5.41, 5.74) is 1.41. The maximum Gasteiger partial charge on any atom is 0.268 e. The van der Waals surface area contributed by atoms with Crippen molar-refractivity contribution in [3.63, 3.8) is 0 Å². The van der Waals surface area contributed by atoms with E-state index in [0.717, 1.165) is 10.2 Å². The first-order valence-corrected chi connectivity index (χ1v) is 15.8. The normalized spacial score (nSPS) is 16.7. The summed E-state index contributed by atoms with van der Waals surface area (Å²) in [6, 6.07) is 10.5. The molecule has 2 heterocycles. The predicted molar refractivity (Wildman–Crippen MR) is 144 cm³/mol. The summed E-state index contributed by atoms with van der Waals surface area (Å²) >= 11 is 13.9. The van der Waals surface area contributed by atoms with Crippen LogP contribution in [0.15, 0.2) is 42.3 Å². The average Bonchev–Trinajstić information content (AvgIpc) is 3.31. The van der Waals surface area contributed by atoms with Crippen LogP contribution in [0.3, 0.4) is 0 Å². The second-order valence-electron chi connectivity index (χ2n) is 8.76. The topological polar surface area (TPSA) is 128 Å². The molecule has 200 valence electrons. The van der Waals surface area contributed by atoms with Crippen molar-refractivity contribution < 1.29 is 35.2 Å². The first-order chi connectivity index (χ1) is 17.2. The van der Waals surface area contributed by atoms with E-state index in [-0.39, 0.29) is 25.9 Å². The Hall–Kier alpha value is -1.93. The van der Waals surface area contributed by atoms with Crippen LogP contribution in [0.2, 0.25) is 10.0 Å². The van der Waals surface area contributed by atoms with Crippen molar-refractivity contribution >= 4 is 76.8 Å². The molecule has 2 unspecified atom stereocenters. The Morgan fingerprint density at radius 3 is 2.43 bits per heavy atom. The molecule has 0 amide bonds. The van der Waals surface area contributed by atoms with Crippen molar-refractivity contribution in [2.45, 2.75) is 43.7 Å². The quantitative estimate of drug-likeness (QED) is 0.274. The number of rotatable bonds is 9. The zero-order valence-corrected chi connectivity index (χ0v) is 23.8. The van der Waals surface area contributed by atoms with Gasteiger partial charge in [0.15, 0.2) is 12.3 Å². The largest absolute Gasteiger partial charge is 0.748 e. The molecule has 0 bridgehead atoms. The molecule has 1 aliphatic rings. The Labute approximate surface area is 229 Å². The molecule has 0 radical (unpaired) electrons. The van der Waals surface area contributed by atoms with Crippen LogP contribution in [-0.4, -0.2) is 43.0 Å². The number of aryl methyl sites for hydroxylation is 1. The van der Waals surface area contributed by atoms with E-state index < -0.39 is 30.7 Å². The molecule has 0 fully saturated rings. The maximum atomic E-state index is 11.6. The van der Waals surface area contributed by atoms with Crippen LogP contribution in [0.1, 0.15) is 31.7 Å². The fourth-order valence-corrected chi connectivity index (χ4v) is 6.07. The smallest absolute Gasteiger partial charge is 0.268 e. The van der Waals surface area contributed by atoms with Crippen LogP contribution in [-0.2, 0) is 26.8 Å². The molecule has 2 aromatic carbocycles. The highest BCUT2D eigenvalue weighted by Crippen LogP contribution is 2.41. The number of nitrogens with zero attached hydrogens (tertiary/aromatic N) is 2. The van der Waals surface area contributed by atoms with E-state index in [4.69, 9.17) is 27.9 Å². The molecule has 37 heavy (non-hydrogen) atoms. The standard InChI is InChI=1S/C23H24Cl2N2O7S3/c1-14(36(28,29)30)7-9-26-18-11-16(24)3-5-20(18)34-22(26)13-23-27(10-8-15(2)37(31,32)33)19-12-17(25)4-6-21(19)35-23/h3-6,11-15H,7-10H2,1-2H3,(H-,28,29,30,31,32,33). The van der Waals surface area contributed by atoms with E-state index in [1.165, 1.54) is 25.2 Å². The van der Waals surface area contributed by atoms with Crippen LogP contribution < -0.4 is 14.2 Å². The fourth-order valence-electron chi connectivity index (χ4n) is 3.85. The number of thiazole rings is 1. The van der Waals surface area contributed by atoms with Gasteiger partial charge in [0, 0.05) is 29.1 Å². The van der Waals surface area contributed by atoms with Crippen molar-refractivity contribution in [2.24, 2.45) is 0 Å². The highest BCUT2D eigenvalue weighted by molar-refractivity contribution is 7.86. The summed E-state index contributed by atoms with van der Waals surface area (Å²) < 4.78 is 75.8. The second kappa shape index (κ2) is 10.7. The molecule has 0 aliphatic carbocycles. The van der Waals surface area contributed by atoms with Gasteiger partial charge in [-0.05, 0) is 50.6 Å². The lowest BCUT2D eigenvalue weighted by molar-refractivity contribution is -0.669. The summed E-state index contributed by atoms with van der Waals surface area (Å²) in [6.07, 6.45) is 1.98. The number of hydrogen-bond acceptors (Lipinski definition) is 8. The monoisotopic (exact) mass is 606 g/mol. The molecule has 9 nitrogen and oxygen atoms in total. The van der Waals surface area contributed by atoms with Gasteiger partial charge in [-0.1, -0.05) is 34.5 Å². The van der Waals surface area contributed by atoms with Crippen LogP contribution in [0.4, 0.5) is 5.69 Å². The van der Waals surface area contributed by atoms with E-state index in [1.54, 1.807) is 41.3 Å². The number of benzene rings is 2. The van der Waals surface area contributed by atoms with E-state index >= 15 is 0 Å². The number of ether oxygens (including phenoxy) is 1. The van der Waals surface area contributed by atoms with E-state index in [9.17, 15) is 25.9 Å². The summed E-state index contributed by atoms with van der Waals surface area (Å²) in [7, 11) is -8.66. The summed E-state index contributed by atoms with van der Waals surface area (Å²) in [6.45, 7) is 3.24. The molecule has 14 heteroatoms. The minimum Gasteiger partial charge on any atom is -0.748 e. The highest BCUT2D eigenvalue weighted by Gasteiger charge is 2.31. The molecular weight excluding hydrogens is 583 g/mol. The van der Waals surface area contributed by atoms with Crippen LogP contribution in [0, 0.1) is 0 Å². The number of hydrogen-bond donors (Lipinski definition) is 1. The Morgan fingerprint density at radius 1 is 1.08 bits per heavy atom. The fraction of sp³-hybridized carbons (Fsp3) is 0.348. The summed E-state index contributed by atoms with van der Waals surface area (Å²) in [4.78, 5) is 1.77. The first-order valence-electron chi connectivity index (χ1n) is 11.2. The van der Waals surface area contributed by atoms with Gasteiger partial charge in [0.05, 0.1) is 32.4 Å².